The Morgan fingerprint density at radius 2 is 2.38 bits per heavy atom. The van der Waals surface area contributed by atoms with Crippen LogP contribution >= 0.6 is 11.8 Å². The first-order chi connectivity index (χ1) is 7.51. The van der Waals surface area contributed by atoms with Crippen molar-refractivity contribution in [3.05, 3.63) is 11.8 Å². The number of aromatic nitrogens is 2. The van der Waals surface area contributed by atoms with E-state index in [4.69, 9.17) is 5.73 Å². The van der Waals surface area contributed by atoms with Gasteiger partial charge in [-0.2, -0.15) is 16.9 Å². The van der Waals surface area contributed by atoms with Gasteiger partial charge in [-0.15, -0.1) is 0 Å². The lowest BCUT2D eigenvalue weighted by Crippen LogP contribution is -2.35. The molecular weight excluding hydrogens is 248 g/mol. The number of rotatable bonds is 6. The molecule has 0 bridgehead atoms. The summed E-state index contributed by atoms with van der Waals surface area (Å²) in [6.07, 6.45) is 3.35. The Bertz CT molecular complexity index is 429. The second-order valence-corrected chi connectivity index (χ2v) is 5.97. The van der Waals surface area contributed by atoms with Crippen LogP contribution in [0.3, 0.4) is 0 Å². The minimum atomic E-state index is -3.54. The zero-order valence-electron chi connectivity index (χ0n) is 9.23. The normalized spacial score (nSPS) is 13.9. The molecule has 0 saturated carbocycles. The van der Waals surface area contributed by atoms with Crippen LogP contribution in [0.4, 0.5) is 0 Å². The van der Waals surface area contributed by atoms with Crippen LogP contribution in [0.1, 0.15) is 12.5 Å². The molecule has 0 aromatic carbocycles. The maximum atomic E-state index is 11.9. The Hall–Kier alpha value is -0.570. The fraction of sp³-hybridized carbons (Fsp3) is 0.625. The summed E-state index contributed by atoms with van der Waals surface area (Å²) < 4.78 is 26.4. The molecule has 0 aliphatic rings. The summed E-state index contributed by atoms with van der Waals surface area (Å²) in [6, 6.07) is -0.131. The van der Waals surface area contributed by atoms with Crippen molar-refractivity contribution in [2.45, 2.75) is 24.5 Å². The van der Waals surface area contributed by atoms with Gasteiger partial charge < -0.3 is 5.73 Å². The number of nitrogens with one attached hydrogen (secondary N) is 2. The molecule has 1 aromatic heterocycles. The molecule has 1 rings (SSSR count). The van der Waals surface area contributed by atoms with Crippen molar-refractivity contribution in [1.29, 1.82) is 0 Å². The van der Waals surface area contributed by atoms with Gasteiger partial charge in [0.2, 0.25) is 0 Å². The van der Waals surface area contributed by atoms with Crippen molar-refractivity contribution >= 4 is 21.8 Å². The van der Waals surface area contributed by atoms with Crippen LogP contribution in [-0.2, 0) is 16.6 Å². The topological polar surface area (TPSA) is 101 Å². The Morgan fingerprint density at radius 1 is 1.69 bits per heavy atom. The quantitative estimate of drug-likeness (QED) is 0.666. The zero-order valence-corrected chi connectivity index (χ0v) is 10.9. The summed E-state index contributed by atoms with van der Waals surface area (Å²) in [5.41, 5.74) is 5.91. The number of H-pyrrole nitrogens is 1. The van der Waals surface area contributed by atoms with E-state index in [0.717, 1.165) is 0 Å². The summed E-state index contributed by atoms with van der Waals surface area (Å²) in [6.45, 7) is 1.95. The first kappa shape index (κ1) is 13.5. The van der Waals surface area contributed by atoms with E-state index in [9.17, 15) is 8.42 Å². The molecule has 4 N–H and O–H groups in total. The van der Waals surface area contributed by atoms with E-state index in [2.05, 4.69) is 14.9 Å². The van der Waals surface area contributed by atoms with E-state index in [-0.39, 0.29) is 17.6 Å². The van der Waals surface area contributed by atoms with Gasteiger partial charge in [-0.25, -0.2) is 13.1 Å². The average Bonchev–Trinajstić information content (AvgIpc) is 2.65. The number of thioether (sulfide) groups is 1. The Morgan fingerprint density at radius 3 is 2.94 bits per heavy atom. The molecule has 0 radical (unpaired) electrons. The summed E-state index contributed by atoms with van der Waals surface area (Å²) in [4.78, 5) is 0. The molecule has 0 amide bonds. The molecular formula is C8H16N4O2S2. The summed E-state index contributed by atoms with van der Waals surface area (Å²) >= 11 is 1.58. The molecule has 0 saturated heterocycles. The highest BCUT2D eigenvalue weighted by Crippen LogP contribution is 2.11. The van der Waals surface area contributed by atoms with Crippen molar-refractivity contribution in [3.8, 4) is 0 Å². The van der Waals surface area contributed by atoms with Crippen molar-refractivity contribution in [2.75, 3.05) is 12.0 Å². The Kier molecular flexibility index (Phi) is 4.78. The van der Waals surface area contributed by atoms with E-state index in [0.29, 0.717) is 11.3 Å². The average molecular weight is 264 g/mol. The third-order valence-corrected chi connectivity index (χ3v) is 4.38. The third-order valence-electron chi connectivity index (χ3n) is 1.94. The molecule has 0 aliphatic carbocycles. The maximum Gasteiger partial charge on any atom is 0.258 e. The number of nitrogens with two attached hydrogens (primary N) is 1. The predicted molar refractivity (Wildman–Crippen MR) is 64.6 cm³/mol. The lowest BCUT2D eigenvalue weighted by atomic mass is 10.4. The number of nitrogens with zero attached hydrogens (tertiary/aromatic N) is 1. The fourth-order valence-corrected chi connectivity index (χ4v) is 3.36. The standard InChI is InChI=1S/C8H16N4O2S2/c1-6(5-15-2)12-16(13,14)8-7(3-9)4-10-11-8/h4,6,12H,3,5,9H2,1-2H3,(H,10,11). The van der Waals surface area contributed by atoms with Crippen molar-refractivity contribution in [2.24, 2.45) is 5.73 Å². The van der Waals surface area contributed by atoms with E-state index >= 15 is 0 Å². The summed E-state index contributed by atoms with van der Waals surface area (Å²) in [7, 11) is -3.54. The Balaban J connectivity index is 2.86. The molecule has 0 spiro atoms. The van der Waals surface area contributed by atoms with Gasteiger partial charge in [0.05, 0.1) is 6.20 Å². The van der Waals surface area contributed by atoms with Crippen LogP contribution in [-0.4, -0.2) is 36.7 Å². The van der Waals surface area contributed by atoms with E-state index in [1.165, 1.54) is 6.20 Å². The number of aromatic amines is 1. The van der Waals surface area contributed by atoms with Gasteiger partial charge in [-0.1, -0.05) is 0 Å². The third kappa shape index (κ3) is 3.21. The van der Waals surface area contributed by atoms with Crippen molar-refractivity contribution in [3.63, 3.8) is 0 Å². The SMILES string of the molecule is CSCC(C)NS(=O)(=O)c1[nH]ncc1CN. The van der Waals surface area contributed by atoms with Gasteiger partial charge >= 0.3 is 0 Å². The van der Waals surface area contributed by atoms with Gasteiger partial charge in [-0.3, -0.25) is 5.10 Å². The van der Waals surface area contributed by atoms with E-state index < -0.39 is 10.0 Å². The van der Waals surface area contributed by atoms with Gasteiger partial charge in [-0.05, 0) is 13.2 Å². The lowest BCUT2D eigenvalue weighted by molar-refractivity contribution is 0.565. The van der Waals surface area contributed by atoms with Crippen LogP contribution in [0.25, 0.3) is 0 Å². The maximum absolute atomic E-state index is 11.9. The minimum absolute atomic E-state index is 0.0583. The molecule has 1 heterocycles. The molecule has 1 atom stereocenters. The number of hydrogen-bond acceptors (Lipinski definition) is 5. The Labute approximate surface area is 99.4 Å². The van der Waals surface area contributed by atoms with Crippen LogP contribution in [0.15, 0.2) is 11.2 Å². The molecule has 1 unspecified atom stereocenters. The summed E-state index contributed by atoms with van der Waals surface area (Å²) in [5, 5.41) is 6.20. The van der Waals surface area contributed by atoms with Crippen LogP contribution in [0.5, 0.6) is 0 Å². The second kappa shape index (κ2) is 5.67. The molecule has 0 fully saturated rings. The zero-order chi connectivity index (χ0) is 12.2. The van der Waals surface area contributed by atoms with Crippen molar-refractivity contribution < 1.29 is 8.42 Å². The summed E-state index contributed by atoms with van der Waals surface area (Å²) in [5.74, 6) is 0.714. The van der Waals surface area contributed by atoms with Gasteiger partial charge in [0.25, 0.3) is 10.0 Å². The van der Waals surface area contributed by atoms with Crippen molar-refractivity contribution in [1.82, 2.24) is 14.9 Å². The van der Waals surface area contributed by atoms with E-state index in [1.54, 1.807) is 11.8 Å². The highest BCUT2D eigenvalue weighted by Gasteiger charge is 2.21. The number of hydrogen-bond donors (Lipinski definition) is 3. The molecule has 92 valence electrons. The lowest BCUT2D eigenvalue weighted by Gasteiger charge is -2.12. The van der Waals surface area contributed by atoms with Gasteiger partial charge in [0.1, 0.15) is 0 Å². The molecule has 1 aromatic rings. The van der Waals surface area contributed by atoms with Crippen LogP contribution in [0.2, 0.25) is 0 Å². The first-order valence-corrected chi connectivity index (χ1v) is 7.62. The van der Waals surface area contributed by atoms with E-state index in [1.807, 2.05) is 13.2 Å². The minimum Gasteiger partial charge on any atom is -0.326 e. The molecule has 16 heavy (non-hydrogen) atoms. The van der Waals surface area contributed by atoms with Crippen LogP contribution < -0.4 is 10.5 Å². The molecule has 6 nitrogen and oxygen atoms in total. The fourth-order valence-electron chi connectivity index (χ4n) is 1.29. The highest BCUT2D eigenvalue weighted by atomic mass is 32.2. The van der Waals surface area contributed by atoms with Crippen LogP contribution in [0, 0.1) is 0 Å². The monoisotopic (exact) mass is 264 g/mol. The second-order valence-electron chi connectivity index (χ2n) is 3.41. The smallest absolute Gasteiger partial charge is 0.258 e. The largest absolute Gasteiger partial charge is 0.326 e. The van der Waals surface area contributed by atoms with Gasteiger partial charge in [0.15, 0.2) is 5.03 Å². The molecule has 0 aliphatic heterocycles. The number of sulfonamides is 1. The van der Waals surface area contributed by atoms with Gasteiger partial charge in [0, 0.05) is 23.9 Å². The predicted octanol–water partition coefficient (Wildman–Crippen LogP) is -0.102. The molecule has 8 heteroatoms. The highest BCUT2D eigenvalue weighted by molar-refractivity contribution is 7.98. The first-order valence-electron chi connectivity index (χ1n) is 4.75.